The first-order chi connectivity index (χ1) is 22.6. The fourth-order valence-corrected chi connectivity index (χ4v) is 6.93. The average molecular weight is 622 g/mol. The van der Waals surface area contributed by atoms with Crippen LogP contribution >= 0.6 is 0 Å². The normalized spacial score (nSPS) is 11.8. The fraction of sp³-hybridized carbons (Fsp3) is 0.238. The van der Waals surface area contributed by atoms with E-state index < -0.39 is 0 Å². The molecule has 0 radical (unpaired) electrons. The van der Waals surface area contributed by atoms with Crippen LogP contribution in [0, 0.1) is 13.8 Å². The molecule has 0 fully saturated rings. The van der Waals surface area contributed by atoms with Crippen molar-refractivity contribution in [1.29, 1.82) is 0 Å². The predicted molar refractivity (Wildman–Crippen MR) is 190 cm³/mol. The number of fused-ring (bicyclic) bond motifs is 3. The van der Waals surface area contributed by atoms with Gasteiger partial charge in [0, 0.05) is 39.1 Å². The minimum Gasteiger partial charge on any atom is -0.455 e. The smallest absolute Gasteiger partial charge is 0.373 e. The number of nitrogens with zero attached hydrogens (tertiary/aromatic N) is 3. The van der Waals surface area contributed by atoms with E-state index in [2.05, 4.69) is 155 Å². The predicted octanol–water partition coefficient (Wildman–Crippen LogP) is 10.0. The second-order valence-electron chi connectivity index (χ2n) is 13.3. The van der Waals surface area contributed by atoms with Gasteiger partial charge in [0.15, 0.2) is 5.69 Å². The van der Waals surface area contributed by atoms with E-state index in [9.17, 15) is 0 Å². The van der Waals surface area contributed by atoms with E-state index in [1.807, 2.05) is 18.2 Å². The van der Waals surface area contributed by atoms with Crippen LogP contribution in [0.4, 0.5) is 0 Å². The summed E-state index contributed by atoms with van der Waals surface area (Å²) in [6.07, 6.45) is 4.45. The molecule has 0 N–H and O–H groups in total. The number of hydrogen-bond donors (Lipinski definition) is 0. The monoisotopic (exact) mass is 621 g/mol. The van der Waals surface area contributed by atoms with Crippen LogP contribution < -0.4 is 13.9 Å². The molecule has 0 atom stereocenters. The van der Waals surface area contributed by atoms with Crippen LogP contribution in [0.3, 0.4) is 0 Å². The first-order valence-corrected chi connectivity index (χ1v) is 16.5. The highest BCUT2D eigenvalue weighted by Crippen LogP contribution is 2.38. The van der Waals surface area contributed by atoms with Crippen LogP contribution in [0.2, 0.25) is 0 Å². The van der Waals surface area contributed by atoms with Gasteiger partial charge in [0.1, 0.15) is 35.8 Å². The standard InChI is InChI=1S/C42H43N3O2/c1-26(2)30-15-11-16-31(27(3)4)41(30)45-24-36(43(7)25-45)32-17-12-20-37(29(32)6)46-39-21-13-18-35(44(39)8)40-28(5)22-23-34-33-14-9-10-19-38(33)47-42(34)40/h9-27H,1-8H3/q+2. The molecule has 0 spiro atoms. The number of ether oxygens (including phenoxy) is 1. The van der Waals surface area contributed by atoms with Crippen molar-refractivity contribution in [2.75, 3.05) is 0 Å². The van der Waals surface area contributed by atoms with Crippen molar-refractivity contribution < 1.29 is 18.3 Å². The van der Waals surface area contributed by atoms with Crippen LogP contribution in [0.15, 0.2) is 108 Å². The highest BCUT2D eigenvalue weighted by atomic mass is 16.5. The molecule has 0 bridgehead atoms. The summed E-state index contributed by atoms with van der Waals surface area (Å²) in [7, 11) is 4.18. The van der Waals surface area contributed by atoms with Gasteiger partial charge in [-0.05, 0) is 49.4 Å². The zero-order valence-corrected chi connectivity index (χ0v) is 28.6. The number of para-hydroxylation sites is 2. The molecule has 3 heterocycles. The lowest BCUT2D eigenvalue weighted by atomic mass is 9.92. The third kappa shape index (κ3) is 5.20. The summed E-state index contributed by atoms with van der Waals surface area (Å²) in [6, 6.07) is 31.8. The van der Waals surface area contributed by atoms with Crippen LogP contribution in [-0.4, -0.2) is 4.57 Å². The van der Waals surface area contributed by atoms with Crippen molar-refractivity contribution in [2.24, 2.45) is 14.1 Å². The Morgan fingerprint density at radius 1 is 0.702 bits per heavy atom. The summed E-state index contributed by atoms with van der Waals surface area (Å²) < 4.78 is 19.8. The summed E-state index contributed by atoms with van der Waals surface area (Å²) >= 11 is 0. The quantitative estimate of drug-likeness (QED) is 0.166. The Hall–Kier alpha value is -5.16. The Bertz CT molecular complexity index is 2260. The first kappa shape index (κ1) is 30.5. The third-order valence-corrected chi connectivity index (χ3v) is 9.51. The number of imidazole rings is 1. The van der Waals surface area contributed by atoms with E-state index in [4.69, 9.17) is 9.15 Å². The molecule has 0 aliphatic rings. The Morgan fingerprint density at radius 2 is 1.40 bits per heavy atom. The molecule has 47 heavy (non-hydrogen) atoms. The van der Waals surface area contributed by atoms with Crippen molar-refractivity contribution in [3.63, 3.8) is 0 Å². The Kier molecular flexibility index (Phi) is 7.71. The minimum atomic E-state index is 0.414. The van der Waals surface area contributed by atoms with Gasteiger partial charge < -0.3 is 9.15 Å². The number of hydrogen-bond acceptors (Lipinski definition) is 2. The largest absolute Gasteiger partial charge is 0.455 e. The molecular weight excluding hydrogens is 578 g/mol. The maximum atomic E-state index is 6.72. The van der Waals surface area contributed by atoms with Crippen molar-refractivity contribution in [3.8, 4) is 39.8 Å². The molecule has 0 saturated carbocycles. The van der Waals surface area contributed by atoms with E-state index >= 15 is 0 Å². The Labute approximate surface area is 277 Å². The van der Waals surface area contributed by atoms with Gasteiger partial charge in [-0.1, -0.05) is 88.4 Å². The summed E-state index contributed by atoms with van der Waals surface area (Å²) in [5, 5.41) is 2.24. The van der Waals surface area contributed by atoms with E-state index in [1.54, 1.807) is 0 Å². The minimum absolute atomic E-state index is 0.414. The highest BCUT2D eigenvalue weighted by molar-refractivity contribution is 6.09. The van der Waals surface area contributed by atoms with E-state index in [0.717, 1.165) is 67.2 Å². The molecule has 4 aromatic carbocycles. The van der Waals surface area contributed by atoms with Gasteiger partial charge in [-0.2, -0.15) is 4.57 Å². The van der Waals surface area contributed by atoms with Gasteiger partial charge in [0.05, 0.1) is 18.7 Å². The van der Waals surface area contributed by atoms with Gasteiger partial charge in [-0.25, -0.2) is 9.13 Å². The average Bonchev–Trinajstić information content (AvgIpc) is 3.63. The molecule has 0 amide bonds. The molecule has 7 aromatic rings. The SMILES string of the molecule is Cc1ccc2c(oc3ccccc32)c1-c1cccc(Oc2cccc(-c3cn(-c4c(C(C)C)cccc4C(C)C)c[n+]3C)c2C)[n+]1C. The van der Waals surface area contributed by atoms with Crippen LogP contribution in [0.5, 0.6) is 11.6 Å². The number of benzene rings is 4. The molecule has 0 aliphatic heterocycles. The van der Waals surface area contributed by atoms with Crippen LogP contribution in [-0.2, 0) is 14.1 Å². The Morgan fingerprint density at radius 3 is 2.15 bits per heavy atom. The number of rotatable bonds is 7. The van der Waals surface area contributed by atoms with Crippen molar-refractivity contribution in [3.05, 3.63) is 126 Å². The van der Waals surface area contributed by atoms with Crippen LogP contribution in [0.1, 0.15) is 61.8 Å². The number of aromatic nitrogens is 3. The van der Waals surface area contributed by atoms with Gasteiger partial charge >= 0.3 is 5.88 Å². The topological polar surface area (TPSA) is 35.1 Å². The highest BCUT2D eigenvalue weighted by Gasteiger charge is 2.26. The maximum absolute atomic E-state index is 6.72. The van der Waals surface area contributed by atoms with Gasteiger partial charge in [-0.15, -0.1) is 0 Å². The lowest BCUT2D eigenvalue weighted by Gasteiger charge is -2.16. The zero-order chi connectivity index (χ0) is 33.0. The third-order valence-electron chi connectivity index (χ3n) is 9.51. The van der Waals surface area contributed by atoms with E-state index in [0.29, 0.717) is 11.8 Å². The number of aryl methyl sites for hydroxylation is 2. The number of furan rings is 1. The molecule has 7 rings (SSSR count). The van der Waals surface area contributed by atoms with E-state index in [1.165, 1.54) is 16.8 Å². The molecule has 3 aromatic heterocycles. The summed E-state index contributed by atoms with van der Waals surface area (Å²) in [4.78, 5) is 0. The molecular formula is C42H43N3O2+2. The first-order valence-electron chi connectivity index (χ1n) is 16.5. The molecule has 236 valence electrons. The van der Waals surface area contributed by atoms with Gasteiger partial charge in [-0.3, -0.25) is 0 Å². The van der Waals surface area contributed by atoms with Crippen molar-refractivity contribution >= 4 is 21.9 Å². The second kappa shape index (κ2) is 11.9. The Balaban J connectivity index is 1.29. The van der Waals surface area contributed by atoms with Gasteiger partial charge in [0.25, 0.3) is 0 Å². The molecule has 5 heteroatoms. The number of pyridine rings is 1. The fourth-order valence-electron chi connectivity index (χ4n) is 6.93. The van der Waals surface area contributed by atoms with Crippen LogP contribution in [0.25, 0.3) is 50.1 Å². The summed E-state index contributed by atoms with van der Waals surface area (Å²) in [6.45, 7) is 13.4. The molecule has 0 saturated heterocycles. The van der Waals surface area contributed by atoms with Gasteiger partial charge in [0.2, 0.25) is 12.0 Å². The molecule has 0 unspecified atom stereocenters. The summed E-state index contributed by atoms with van der Waals surface area (Å²) in [5.74, 6) is 2.41. The van der Waals surface area contributed by atoms with Crippen molar-refractivity contribution in [2.45, 2.75) is 53.4 Å². The van der Waals surface area contributed by atoms with E-state index in [-0.39, 0.29) is 0 Å². The van der Waals surface area contributed by atoms with Crippen molar-refractivity contribution in [1.82, 2.24) is 4.57 Å². The molecule has 0 aliphatic carbocycles. The zero-order valence-electron chi connectivity index (χ0n) is 28.6. The summed E-state index contributed by atoms with van der Waals surface area (Å²) in [5.41, 5.74) is 12.4. The second-order valence-corrected chi connectivity index (χ2v) is 13.3. The lowest BCUT2D eigenvalue weighted by Crippen LogP contribution is -2.33. The molecule has 5 nitrogen and oxygen atoms in total. The lowest BCUT2D eigenvalue weighted by molar-refractivity contribution is -0.665. The maximum Gasteiger partial charge on any atom is 0.373 e.